The molecule has 104 valence electrons. The van der Waals surface area contributed by atoms with Crippen molar-refractivity contribution in [2.24, 2.45) is 0 Å². The number of nitrogens with zero attached hydrogens (tertiary/aromatic N) is 1. The summed E-state index contributed by atoms with van der Waals surface area (Å²) in [6, 6.07) is 11.3. The van der Waals surface area contributed by atoms with E-state index in [1.165, 1.54) is 0 Å². The second kappa shape index (κ2) is 5.47. The van der Waals surface area contributed by atoms with Crippen LogP contribution in [0, 0.1) is 18.8 Å². The molecule has 0 aliphatic heterocycles. The number of aromatic hydroxyl groups is 1. The molecule has 3 nitrogen and oxygen atoms in total. The minimum Gasteiger partial charge on any atom is -0.506 e. The molecule has 0 bridgehead atoms. The van der Waals surface area contributed by atoms with Crippen LogP contribution >= 0.6 is 11.3 Å². The number of thiazole rings is 1. The lowest BCUT2D eigenvalue weighted by Gasteiger charge is -1.97. The second-order valence-electron chi connectivity index (χ2n) is 4.80. The van der Waals surface area contributed by atoms with Gasteiger partial charge in [0.2, 0.25) is 0 Å². The Balaban J connectivity index is 1.87. The SMILES string of the molecule is Cc1nc2c(O)cc(C#CCc3cccc(N)c3)cc2s1. The van der Waals surface area contributed by atoms with Gasteiger partial charge in [-0.05, 0) is 36.8 Å². The summed E-state index contributed by atoms with van der Waals surface area (Å²) in [4.78, 5) is 4.30. The van der Waals surface area contributed by atoms with Crippen LogP contribution in [0.5, 0.6) is 5.75 Å². The van der Waals surface area contributed by atoms with Gasteiger partial charge in [0.15, 0.2) is 0 Å². The molecule has 0 atom stereocenters. The number of hydrogen-bond donors (Lipinski definition) is 2. The van der Waals surface area contributed by atoms with E-state index >= 15 is 0 Å². The summed E-state index contributed by atoms with van der Waals surface area (Å²) < 4.78 is 0.959. The number of aryl methyl sites for hydroxylation is 1. The summed E-state index contributed by atoms with van der Waals surface area (Å²) in [6.45, 7) is 1.93. The number of nitrogen functional groups attached to an aromatic ring is 1. The molecule has 0 aliphatic carbocycles. The van der Waals surface area contributed by atoms with Crippen molar-refractivity contribution in [2.75, 3.05) is 5.73 Å². The Kier molecular flexibility index (Phi) is 3.51. The smallest absolute Gasteiger partial charge is 0.143 e. The molecular formula is C17H14N2OS. The van der Waals surface area contributed by atoms with Gasteiger partial charge in [0, 0.05) is 17.7 Å². The fourth-order valence-electron chi connectivity index (χ4n) is 2.15. The third-order valence-corrected chi connectivity index (χ3v) is 3.98. The number of fused-ring (bicyclic) bond motifs is 1. The van der Waals surface area contributed by atoms with Crippen molar-refractivity contribution in [1.82, 2.24) is 4.98 Å². The molecule has 0 saturated carbocycles. The van der Waals surface area contributed by atoms with E-state index in [1.54, 1.807) is 17.4 Å². The predicted octanol–water partition coefficient (Wildman–Crippen LogP) is 3.49. The largest absolute Gasteiger partial charge is 0.506 e. The van der Waals surface area contributed by atoms with E-state index in [-0.39, 0.29) is 5.75 Å². The monoisotopic (exact) mass is 294 g/mol. The van der Waals surface area contributed by atoms with Gasteiger partial charge in [-0.1, -0.05) is 24.0 Å². The van der Waals surface area contributed by atoms with Crippen LogP contribution in [0.1, 0.15) is 16.1 Å². The van der Waals surface area contributed by atoms with Gasteiger partial charge < -0.3 is 10.8 Å². The summed E-state index contributed by atoms with van der Waals surface area (Å²) in [7, 11) is 0. The highest BCUT2D eigenvalue weighted by atomic mass is 32.1. The van der Waals surface area contributed by atoms with Gasteiger partial charge in [0.1, 0.15) is 11.3 Å². The predicted molar refractivity (Wildman–Crippen MR) is 87.5 cm³/mol. The summed E-state index contributed by atoms with van der Waals surface area (Å²) in [5.41, 5.74) is 9.02. The molecule has 1 aromatic heterocycles. The van der Waals surface area contributed by atoms with E-state index in [0.717, 1.165) is 26.5 Å². The van der Waals surface area contributed by atoms with Crippen molar-refractivity contribution in [2.45, 2.75) is 13.3 Å². The second-order valence-corrected chi connectivity index (χ2v) is 6.03. The maximum absolute atomic E-state index is 9.98. The Labute approximate surface area is 127 Å². The number of phenolic OH excluding ortho intramolecular Hbond substituents is 1. The van der Waals surface area contributed by atoms with Gasteiger partial charge in [0.05, 0.1) is 9.71 Å². The van der Waals surface area contributed by atoms with Crippen molar-refractivity contribution in [3.8, 4) is 17.6 Å². The molecule has 3 aromatic rings. The Bertz CT molecular complexity index is 871. The number of rotatable bonds is 1. The highest BCUT2D eigenvalue weighted by Gasteiger charge is 2.06. The fraction of sp³-hybridized carbons (Fsp3) is 0.118. The van der Waals surface area contributed by atoms with Crippen LogP contribution in [0.15, 0.2) is 36.4 Å². The van der Waals surface area contributed by atoms with Crippen molar-refractivity contribution < 1.29 is 5.11 Å². The first-order valence-electron chi connectivity index (χ1n) is 6.55. The lowest BCUT2D eigenvalue weighted by Crippen LogP contribution is -1.87. The lowest BCUT2D eigenvalue weighted by atomic mass is 10.1. The van der Waals surface area contributed by atoms with Crippen LogP contribution in [0.4, 0.5) is 5.69 Å². The molecule has 0 unspecified atom stereocenters. The number of nitrogens with two attached hydrogens (primary N) is 1. The molecule has 2 aromatic carbocycles. The number of benzene rings is 2. The van der Waals surface area contributed by atoms with Gasteiger partial charge in [-0.3, -0.25) is 0 Å². The van der Waals surface area contributed by atoms with Gasteiger partial charge in [-0.25, -0.2) is 4.98 Å². The zero-order valence-corrected chi connectivity index (χ0v) is 12.4. The van der Waals surface area contributed by atoms with Crippen LogP contribution in [0.3, 0.4) is 0 Å². The Morgan fingerprint density at radius 3 is 2.95 bits per heavy atom. The van der Waals surface area contributed by atoms with E-state index in [2.05, 4.69) is 16.8 Å². The normalized spacial score (nSPS) is 10.3. The first kappa shape index (κ1) is 13.5. The van der Waals surface area contributed by atoms with Gasteiger partial charge >= 0.3 is 0 Å². The minimum atomic E-state index is 0.185. The molecule has 0 saturated heterocycles. The molecule has 21 heavy (non-hydrogen) atoms. The molecule has 4 heteroatoms. The maximum Gasteiger partial charge on any atom is 0.143 e. The molecule has 0 amide bonds. The van der Waals surface area contributed by atoms with Gasteiger partial charge in [-0.2, -0.15) is 0 Å². The molecule has 3 rings (SSSR count). The Morgan fingerprint density at radius 2 is 2.14 bits per heavy atom. The van der Waals surface area contributed by atoms with Crippen LogP contribution < -0.4 is 5.73 Å². The first-order chi connectivity index (χ1) is 10.1. The highest BCUT2D eigenvalue weighted by Crippen LogP contribution is 2.30. The zero-order valence-electron chi connectivity index (χ0n) is 11.6. The summed E-state index contributed by atoms with van der Waals surface area (Å²) in [6.07, 6.45) is 0.631. The number of anilines is 1. The molecular weight excluding hydrogens is 280 g/mol. The van der Waals surface area contributed by atoms with Crippen LogP contribution in [0.25, 0.3) is 10.2 Å². The topological polar surface area (TPSA) is 59.1 Å². The summed E-state index contributed by atoms with van der Waals surface area (Å²) in [5, 5.41) is 10.9. The Hall–Kier alpha value is -2.51. The molecule has 0 spiro atoms. The molecule has 0 aliphatic rings. The third kappa shape index (κ3) is 2.99. The van der Waals surface area contributed by atoms with Crippen molar-refractivity contribution >= 4 is 27.2 Å². The maximum atomic E-state index is 9.98. The average molecular weight is 294 g/mol. The average Bonchev–Trinajstić information content (AvgIpc) is 2.80. The molecule has 3 N–H and O–H groups in total. The van der Waals surface area contributed by atoms with Crippen molar-refractivity contribution in [3.05, 3.63) is 52.5 Å². The zero-order chi connectivity index (χ0) is 14.8. The number of hydrogen-bond acceptors (Lipinski definition) is 4. The van der Waals surface area contributed by atoms with E-state index < -0.39 is 0 Å². The molecule has 0 radical (unpaired) electrons. The number of phenols is 1. The summed E-state index contributed by atoms with van der Waals surface area (Å²) >= 11 is 1.56. The highest BCUT2D eigenvalue weighted by molar-refractivity contribution is 7.18. The van der Waals surface area contributed by atoms with Gasteiger partial charge in [0.25, 0.3) is 0 Å². The van der Waals surface area contributed by atoms with Crippen LogP contribution in [0.2, 0.25) is 0 Å². The fourth-order valence-corrected chi connectivity index (χ4v) is 3.03. The third-order valence-electron chi connectivity index (χ3n) is 3.06. The Morgan fingerprint density at radius 1 is 1.29 bits per heavy atom. The minimum absolute atomic E-state index is 0.185. The summed E-state index contributed by atoms with van der Waals surface area (Å²) in [5.74, 6) is 6.38. The van der Waals surface area contributed by atoms with Crippen LogP contribution in [-0.2, 0) is 6.42 Å². The van der Waals surface area contributed by atoms with Crippen molar-refractivity contribution in [1.29, 1.82) is 0 Å². The number of aromatic nitrogens is 1. The lowest BCUT2D eigenvalue weighted by molar-refractivity contribution is 0.480. The van der Waals surface area contributed by atoms with Gasteiger partial charge in [-0.15, -0.1) is 11.3 Å². The van der Waals surface area contributed by atoms with Crippen molar-refractivity contribution in [3.63, 3.8) is 0 Å². The van der Waals surface area contributed by atoms with E-state index in [0.29, 0.717) is 11.9 Å². The van der Waals surface area contributed by atoms with E-state index in [4.69, 9.17) is 5.73 Å². The quantitative estimate of drug-likeness (QED) is 0.533. The van der Waals surface area contributed by atoms with E-state index in [1.807, 2.05) is 37.3 Å². The van der Waals surface area contributed by atoms with E-state index in [9.17, 15) is 5.11 Å². The molecule has 0 fully saturated rings. The van der Waals surface area contributed by atoms with Crippen LogP contribution in [-0.4, -0.2) is 10.1 Å². The standard InChI is InChI=1S/C17H14N2OS/c1-11-19-17-15(20)9-13(10-16(17)21-11)6-2-4-12-5-3-7-14(18)8-12/h3,5,7-10,20H,4,18H2,1H3. The first-order valence-corrected chi connectivity index (χ1v) is 7.37. The molecule has 1 heterocycles.